The Morgan fingerprint density at radius 3 is 2.56 bits per heavy atom. The van der Waals surface area contributed by atoms with Gasteiger partial charge in [0.15, 0.2) is 0 Å². The summed E-state index contributed by atoms with van der Waals surface area (Å²) in [6.07, 6.45) is 1.33. The van der Waals surface area contributed by atoms with Crippen molar-refractivity contribution in [3.8, 4) is 0 Å². The van der Waals surface area contributed by atoms with Crippen LogP contribution in [0.2, 0.25) is 0 Å². The lowest BCUT2D eigenvalue weighted by atomic mass is 9.94. The summed E-state index contributed by atoms with van der Waals surface area (Å²) in [5, 5.41) is 3.32. The average Bonchev–Trinajstić information content (AvgIpc) is 2.64. The largest absolute Gasteiger partial charge is 0.319 e. The van der Waals surface area contributed by atoms with E-state index in [9.17, 15) is 0 Å². The van der Waals surface area contributed by atoms with Crippen molar-refractivity contribution in [2.75, 3.05) is 47.3 Å². The first-order valence-electron chi connectivity index (χ1n) is 6.58. The second-order valence-electron chi connectivity index (χ2n) is 5.71. The van der Waals surface area contributed by atoms with Crippen molar-refractivity contribution in [3.63, 3.8) is 0 Å². The zero-order valence-electron chi connectivity index (χ0n) is 11.7. The molecule has 0 aromatic heterocycles. The van der Waals surface area contributed by atoms with E-state index in [1.165, 1.54) is 26.1 Å². The lowest BCUT2D eigenvalue weighted by Gasteiger charge is -2.30. The van der Waals surface area contributed by atoms with Crippen molar-refractivity contribution in [1.29, 1.82) is 0 Å². The van der Waals surface area contributed by atoms with Crippen molar-refractivity contribution in [2.45, 2.75) is 26.3 Å². The predicted molar refractivity (Wildman–Crippen MR) is 70.8 cm³/mol. The molecule has 0 bridgehead atoms. The summed E-state index contributed by atoms with van der Waals surface area (Å²) in [4.78, 5) is 5.00. The molecule has 96 valence electrons. The third kappa shape index (κ3) is 4.04. The molecule has 1 aliphatic rings. The molecule has 0 aliphatic carbocycles. The van der Waals surface area contributed by atoms with Gasteiger partial charge in [0, 0.05) is 19.1 Å². The van der Waals surface area contributed by atoms with E-state index in [1.807, 2.05) is 0 Å². The van der Waals surface area contributed by atoms with Crippen molar-refractivity contribution in [2.24, 2.45) is 11.8 Å². The maximum atomic E-state index is 3.32. The molecule has 3 nitrogen and oxygen atoms in total. The van der Waals surface area contributed by atoms with Gasteiger partial charge in [0.2, 0.25) is 0 Å². The minimum atomic E-state index is 0.758. The van der Waals surface area contributed by atoms with E-state index in [0.29, 0.717) is 0 Å². The van der Waals surface area contributed by atoms with E-state index in [0.717, 1.165) is 24.4 Å². The lowest BCUT2D eigenvalue weighted by Crippen LogP contribution is -2.41. The third-order valence-corrected chi connectivity index (χ3v) is 3.92. The number of hydrogen-bond acceptors (Lipinski definition) is 3. The van der Waals surface area contributed by atoms with Crippen LogP contribution in [0.25, 0.3) is 0 Å². The minimum absolute atomic E-state index is 0.758. The first-order chi connectivity index (χ1) is 7.54. The van der Waals surface area contributed by atoms with Crippen LogP contribution in [-0.2, 0) is 0 Å². The quantitative estimate of drug-likeness (QED) is 0.733. The minimum Gasteiger partial charge on any atom is -0.319 e. The molecule has 16 heavy (non-hydrogen) atoms. The summed E-state index contributed by atoms with van der Waals surface area (Å²) in [5.41, 5.74) is 0. The number of likely N-dealkylation sites (N-methyl/N-ethyl adjacent to an activating group) is 2. The fourth-order valence-electron chi connectivity index (χ4n) is 2.56. The first kappa shape index (κ1) is 13.9. The van der Waals surface area contributed by atoms with E-state index in [-0.39, 0.29) is 0 Å². The Morgan fingerprint density at radius 2 is 2.12 bits per heavy atom. The molecule has 0 aromatic rings. The maximum absolute atomic E-state index is 3.32. The molecule has 1 saturated heterocycles. The molecule has 2 atom stereocenters. The van der Waals surface area contributed by atoms with Gasteiger partial charge in [-0.15, -0.1) is 0 Å². The standard InChI is InChI=1S/C13H29N3/c1-11(2)12(8-14-3)9-16(5)13-6-7-15(4)10-13/h11-14H,6-10H2,1-5H3. The molecular weight excluding hydrogens is 198 g/mol. The highest BCUT2D eigenvalue weighted by Crippen LogP contribution is 2.17. The van der Waals surface area contributed by atoms with Crippen LogP contribution in [0.4, 0.5) is 0 Å². The van der Waals surface area contributed by atoms with Gasteiger partial charge in [-0.3, -0.25) is 0 Å². The van der Waals surface area contributed by atoms with E-state index in [1.54, 1.807) is 0 Å². The van der Waals surface area contributed by atoms with Crippen molar-refractivity contribution in [3.05, 3.63) is 0 Å². The van der Waals surface area contributed by atoms with Crippen LogP contribution in [0.3, 0.4) is 0 Å². The van der Waals surface area contributed by atoms with Crippen molar-refractivity contribution in [1.82, 2.24) is 15.1 Å². The zero-order chi connectivity index (χ0) is 12.1. The van der Waals surface area contributed by atoms with Crippen LogP contribution < -0.4 is 5.32 Å². The Bertz CT molecular complexity index is 194. The maximum Gasteiger partial charge on any atom is 0.0232 e. The highest BCUT2D eigenvalue weighted by atomic mass is 15.2. The molecule has 0 amide bonds. The van der Waals surface area contributed by atoms with E-state index in [2.05, 4.69) is 50.1 Å². The summed E-state index contributed by atoms with van der Waals surface area (Å²) in [6, 6.07) is 0.767. The fourth-order valence-corrected chi connectivity index (χ4v) is 2.56. The lowest BCUT2D eigenvalue weighted by molar-refractivity contribution is 0.182. The molecule has 1 heterocycles. The first-order valence-corrected chi connectivity index (χ1v) is 6.58. The molecule has 1 aliphatic heterocycles. The fraction of sp³-hybridized carbons (Fsp3) is 1.00. The number of nitrogens with one attached hydrogen (secondary N) is 1. The highest BCUT2D eigenvalue weighted by Gasteiger charge is 2.25. The van der Waals surface area contributed by atoms with Gasteiger partial charge in [0.25, 0.3) is 0 Å². The summed E-state index contributed by atoms with van der Waals surface area (Å²) < 4.78 is 0. The Hall–Kier alpha value is -0.120. The van der Waals surface area contributed by atoms with Crippen LogP contribution in [0, 0.1) is 11.8 Å². The van der Waals surface area contributed by atoms with Gasteiger partial charge in [0.1, 0.15) is 0 Å². The molecular formula is C13H29N3. The van der Waals surface area contributed by atoms with Gasteiger partial charge in [-0.2, -0.15) is 0 Å². The monoisotopic (exact) mass is 227 g/mol. The molecule has 0 saturated carbocycles. The number of hydrogen-bond donors (Lipinski definition) is 1. The van der Waals surface area contributed by atoms with Crippen LogP contribution in [-0.4, -0.2) is 63.2 Å². The van der Waals surface area contributed by atoms with Crippen LogP contribution in [0.15, 0.2) is 0 Å². The summed E-state index contributed by atoms with van der Waals surface area (Å²) >= 11 is 0. The zero-order valence-corrected chi connectivity index (χ0v) is 11.7. The van der Waals surface area contributed by atoms with E-state index >= 15 is 0 Å². The number of likely N-dealkylation sites (tertiary alicyclic amines) is 1. The Morgan fingerprint density at radius 1 is 1.44 bits per heavy atom. The summed E-state index contributed by atoms with van der Waals surface area (Å²) in [6.45, 7) is 9.50. The molecule has 1 N–H and O–H groups in total. The average molecular weight is 227 g/mol. The smallest absolute Gasteiger partial charge is 0.0232 e. The molecule has 1 rings (SSSR count). The number of nitrogens with zero attached hydrogens (tertiary/aromatic N) is 2. The SMILES string of the molecule is CNCC(CN(C)C1CCN(C)C1)C(C)C. The second-order valence-corrected chi connectivity index (χ2v) is 5.71. The predicted octanol–water partition coefficient (Wildman–Crippen LogP) is 1.11. The Kier molecular flexibility index (Phi) is 5.73. The molecule has 2 unspecified atom stereocenters. The third-order valence-electron chi connectivity index (χ3n) is 3.92. The second kappa shape index (κ2) is 6.58. The van der Waals surface area contributed by atoms with Crippen molar-refractivity contribution < 1.29 is 0 Å². The molecule has 0 radical (unpaired) electrons. The van der Waals surface area contributed by atoms with Crippen molar-refractivity contribution >= 4 is 0 Å². The van der Waals surface area contributed by atoms with Crippen LogP contribution in [0.5, 0.6) is 0 Å². The van der Waals surface area contributed by atoms with Gasteiger partial charge in [-0.05, 0) is 52.5 Å². The molecule has 0 aromatic carbocycles. The van der Waals surface area contributed by atoms with Gasteiger partial charge < -0.3 is 15.1 Å². The molecule has 0 spiro atoms. The summed E-state index contributed by atoms with van der Waals surface area (Å²) in [5.74, 6) is 1.52. The van der Waals surface area contributed by atoms with Gasteiger partial charge in [-0.1, -0.05) is 13.8 Å². The van der Waals surface area contributed by atoms with Crippen LogP contribution in [0.1, 0.15) is 20.3 Å². The topological polar surface area (TPSA) is 18.5 Å². The van der Waals surface area contributed by atoms with Gasteiger partial charge in [-0.25, -0.2) is 0 Å². The normalized spacial score (nSPS) is 24.6. The molecule has 3 heteroatoms. The summed E-state index contributed by atoms with van der Waals surface area (Å²) in [7, 11) is 6.56. The van der Waals surface area contributed by atoms with E-state index < -0.39 is 0 Å². The van der Waals surface area contributed by atoms with Gasteiger partial charge >= 0.3 is 0 Å². The van der Waals surface area contributed by atoms with Crippen LogP contribution >= 0.6 is 0 Å². The number of rotatable bonds is 6. The molecule has 1 fully saturated rings. The highest BCUT2D eigenvalue weighted by molar-refractivity contribution is 4.82. The Labute approximate surface area is 101 Å². The van der Waals surface area contributed by atoms with E-state index in [4.69, 9.17) is 0 Å². The van der Waals surface area contributed by atoms with Gasteiger partial charge in [0.05, 0.1) is 0 Å². The Balaban J connectivity index is 2.38.